The van der Waals surface area contributed by atoms with Crippen LogP contribution >= 0.6 is 0 Å². The highest BCUT2D eigenvalue weighted by Crippen LogP contribution is 2.42. The number of furan rings is 2. The molecular formula is C51H31N3O2. The predicted octanol–water partition coefficient (Wildman–Crippen LogP) is 13.1. The van der Waals surface area contributed by atoms with Crippen LogP contribution in [-0.4, -0.2) is 11.7 Å². The highest BCUT2D eigenvalue weighted by atomic mass is 16.3. The highest BCUT2D eigenvalue weighted by molar-refractivity contribution is 6.26. The first-order valence-electron chi connectivity index (χ1n) is 18.9. The van der Waals surface area contributed by atoms with E-state index in [-0.39, 0.29) is 6.17 Å². The molecule has 0 amide bonds. The van der Waals surface area contributed by atoms with E-state index in [2.05, 4.69) is 157 Å². The van der Waals surface area contributed by atoms with Crippen LogP contribution in [0, 0.1) is 0 Å². The Morgan fingerprint density at radius 1 is 0.429 bits per heavy atom. The zero-order valence-corrected chi connectivity index (χ0v) is 30.0. The second-order valence-electron chi connectivity index (χ2n) is 14.5. The molecule has 0 aliphatic carbocycles. The highest BCUT2D eigenvalue weighted by Gasteiger charge is 2.26. The molecule has 0 spiro atoms. The predicted molar refractivity (Wildman–Crippen MR) is 231 cm³/mol. The minimum absolute atomic E-state index is 0.358. The third-order valence-electron chi connectivity index (χ3n) is 11.3. The molecule has 0 saturated heterocycles. The number of benzene rings is 9. The molecule has 56 heavy (non-hydrogen) atoms. The summed E-state index contributed by atoms with van der Waals surface area (Å²) in [4.78, 5) is 10.7. The van der Waals surface area contributed by atoms with Crippen LogP contribution in [0.4, 0.5) is 0 Å². The Balaban J connectivity index is 1.07. The zero-order valence-electron chi connectivity index (χ0n) is 30.0. The van der Waals surface area contributed by atoms with Crippen molar-refractivity contribution in [2.75, 3.05) is 0 Å². The van der Waals surface area contributed by atoms with Crippen LogP contribution in [-0.2, 0) is 0 Å². The first-order chi connectivity index (χ1) is 27.7. The third-order valence-corrected chi connectivity index (χ3v) is 11.3. The van der Waals surface area contributed by atoms with Crippen molar-refractivity contribution in [2.45, 2.75) is 6.17 Å². The van der Waals surface area contributed by atoms with E-state index >= 15 is 0 Å². The van der Waals surface area contributed by atoms with Gasteiger partial charge in [0.1, 0.15) is 34.3 Å². The zero-order chi connectivity index (χ0) is 36.7. The SMILES string of the molecule is c1ccc(C2N=C(c3cc4ccccc4c4ccccc34)N=C(c3cccc4oc5cccc(-c6ccc7c(c6)oc6c8ccccc8ccc76)c5c34)N2)cc1. The second kappa shape index (κ2) is 12.0. The van der Waals surface area contributed by atoms with Gasteiger partial charge in [-0.3, -0.25) is 0 Å². The van der Waals surface area contributed by atoms with Gasteiger partial charge in [0.05, 0.1) is 0 Å². The van der Waals surface area contributed by atoms with E-state index < -0.39 is 0 Å². The third kappa shape index (κ3) is 4.67. The summed E-state index contributed by atoms with van der Waals surface area (Å²) in [5.74, 6) is 1.42. The first-order valence-corrected chi connectivity index (χ1v) is 18.9. The quantitative estimate of drug-likeness (QED) is 0.184. The average Bonchev–Trinajstić information content (AvgIpc) is 3.85. The van der Waals surface area contributed by atoms with Crippen molar-refractivity contribution in [1.29, 1.82) is 0 Å². The maximum absolute atomic E-state index is 6.63. The monoisotopic (exact) mass is 717 g/mol. The van der Waals surface area contributed by atoms with Crippen LogP contribution in [0.1, 0.15) is 22.9 Å². The second-order valence-corrected chi connectivity index (χ2v) is 14.5. The summed E-state index contributed by atoms with van der Waals surface area (Å²) in [5.41, 5.74) is 8.48. The van der Waals surface area contributed by atoms with E-state index in [4.69, 9.17) is 18.8 Å². The standard InChI is InChI=1S/C51H31N3O2/c1-2-13-31(14-3-1)49-52-50(54-51(53-49)42-28-32-15-5-6-16-34(32)37-18-8-9-19-38(37)42)41-21-11-23-44-47(41)46-35(20-10-22-43(46)55-44)33-25-26-39-40-27-24-30-12-4-7-17-36(30)48(40)56-45(39)29-33/h1-29,49H,(H,52,53,54). The molecule has 2 aromatic heterocycles. The molecule has 12 rings (SSSR count). The van der Waals surface area contributed by atoms with Gasteiger partial charge in [-0.25, -0.2) is 9.98 Å². The Kier molecular flexibility index (Phi) is 6.63. The van der Waals surface area contributed by atoms with Crippen LogP contribution in [0.5, 0.6) is 0 Å². The van der Waals surface area contributed by atoms with Crippen molar-refractivity contribution in [1.82, 2.24) is 5.32 Å². The van der Waals surface area contributed by atoms with Crippen LogP contribution in [0.2, 0.25) is 0 Å². The van der Waals surface area contributed by atoms with Crippen molar-refractivity contribution >= 4 is 87.9 Å². The van der Waals surface area contributed by atoms with Crippen LogP contribution in [0.15, 0.2) is 195 Å². The Bertz CT molecular complexity index is 3460. The summed E-state index contributed by atoms with van der Waals surface area (Å²) >= 11 is 0. The molecule has 9 aromatic carbocycles. The lowest BCUT2D eigenvalue weighted by Gasteiger charge is -2.24. The normalized spacial score (nSPS) is 14.6. The van der Waals surface area contributed by atoms with E-state index in [1.165, 1.54) is 10.8 Å². The van der Waals surface area contributed by atoms with E-state index in [9.17, 15) is 0 Å². The van der Waals surface area contributed by atoms with Crippen LogP contribution in [0.25, 0.3) is 87.3 Å². The first kappa shape index (κ1) is 30.9. The van der Waals surface area contributed by atoms with Gasteiger partial charge in [0.15, 0.2) is 5.84 Å². The lowest BCUT2D eigenvalue weighted by molar-refractivity contribution is 0.667. The Hall–Kier alpha value is -7.50. The number of nitrogens with one attached hydrogen (secondary N) is 1. The maximum Gasteiger partial charge on any atom is 0.160 e. The van der Waals surface area contributed by atoms with Gasteiger partial charge in [0.2, 0.25) is 0 Å². The van der Waals surface area contributed by atoms with Gasteiger partial charge in [-0.05, 0) is 80.0 Å². The molecule has 1 aliphatic rings. The summed E-state index contributed by atoms with van der Waals surface area (Å²) in [5, 5.41) is 14.9. The molecule has 1 atom stereocenters. The van der Waals surface area contributed by atoms with Crippen LogP contribution < -0.4 is 5.32 Å². The van der Waals surface area contributed by atoms with Gasteiger partial charge in [-0.15, -0.1) is 0 Å². The Morgan fingerprint density at radius 2 is 1.11 bits per heavy atom. The number of hydrogen-bond donors (Lipinski definition) is 1. The van der Waals surface area contributed by atoms with Crippen molar-refractivity contribution in [3.8, 4) is 11.1 Å². The number of aliphatic imine (C=N–C) groups is 2. The summed E-state index contributed by atoms with van der Waals surface area (Å²) in [7, 11) is 0. The van der Waals surface area contributed by atoms with Gasteiger partial charge in [-0.2, -0.15) is 0 Å². The fourth-order valence-electron chi connectivity index (χ4n) is 8.73. The van der Waals surface area contributed by atoms with Gasteiger partial charge in [-0.1, -0.05) is 140 Å². The number of amidine groups is 2. The van der Waals surface area contributed by atoms with E-state index in [1.807, 2.05) is 24.3 Å². The topological polar surface area (TPSA) is 63.0 Å². The summed E-state index contributed by atoms with van der Waals surface area (Å²) in [6, 6.07) is 61.4. The smallest absolute Gasteiger partial charge is 0.160 e. The van der Waals surface area contributed by atoms with Gasteiger partial charge in [0.25, 0.3) is 0 Å². The molecule has 1 aliphatic heterocycles. The molecule has 0 fully saturated rings. The van der Waals surface area contributed by atoms with Crippen molar-refractivity contribution < 1.29 is 8.83 Å². The molecule has 1 N–H and O–H groups in total. The molecular weight excluding hydrogens is 687 g/mol. The molecule has 0 bridgehead atoms. The molecule has 1 unspecified atom stereocenters. The minimum atomic E-state index is -0.358. The molecule has 5 heteroatoms. The van der Waals surface area contributed by atoms with E-state index in [0.29, 0.717) is 5.84 Å². The molecule has 11 aromatic rings. The lowest BCUT2D eigenvalue weighted by Crippen LogP contribution is -2.33. The Labute approximate surface area is 320 Å². The summed E-state index contributed by atoms with van der Waals surface area (Å²) in [6.45, 7) is 0. The van der Waals surface area contributed by atoms with Gasteiger partial charge in [0, 0.05) is 38.1 Å². The van der Waals surface area contributed by atoms with Crippen LogP contribution in [0.3, 0.4) is 0 Å². The summed E-state index contributed by atoms with van der Waals surface area (Å²) < 4.78 is 13.2. The molecule has 262 valence electrons. The largest absolute Gasteiger partial charge is 0.456 e. The molecule has 5 nitrogen and oxygen atoms in total. The average molecular weight is 718 g/mol. The van der Waals surface area contributed by atoms with Gasteiger partial charge < -0.3 is 14.2 Å². The Morgan fingerprint density at radius 3 is 1.95 bits per heavy atom. The van der Waals surface area contributed by atoms with Crippen molar-refractivity contribution in [3.05, 3.63) is 193 Å². The number of fused-ring (bicyclic) bond motifs is 11. The number of nitrogens with zero attached hydrogens (tertiary/aromatic N) is 2. The van der Waals surface area contributed by atoms with Crippen molar-refractivity contribution in [2.24, 2.45) is 9.98 Å². The number of rotatable bonds is 4. The molecule has 3 heterocycles. The van der Waals surface area contributed by atoms with Gasteiger partial charge >= 0.3 is 0 Å². The fourth-order valence-corrected chi connectivity index (χ4v) is 8.73. The summed E-state index contributed by atoms with van der Waals surface area (Å²) in [6.07, 6.45) is -0.358. The van der Waals surface area contributed by atoms with Crippen molar-refractivity contribution in [3.63, 3.8) is 0 Å². The maximum atomic E-state index is 6.63. The molecule has 0 radical (unpaired) electrons. The minimum Gasteiger partial charge on any atom is -0.456 e. The molecule has 0 saturated carbocycles. The van der Waals surface area contributed by atoms with E-state index in [1.54, 1.807) is 0 Å². The van der Waals surface area contributed by atoms with E-state index in [0.717, 1.165) is 99.1 Å². The number of hydrogen-bond acceptors (Lipinski definition) is 5. The lowest BCUT2D eigenvalue weighted by atomic mass is 9.95. The fraction of sp³-hybridized carbons (Fsp3) is 0.0196.